The number of rotatable bonds is 7. The Kier molecular flexibility index (Phi) is 7.97. The molecule has 8 heteroatoms. The predicted molar refractivity (Wildman–Crippen MR) is 134 cm³/mol. The van der Waals surface area contributed by atoms with Crippen molar-refractivity contribution < 1.29 is 23.1 Å². The molecule has 4 atom stereocenters. The molecule has 0 aromatic heterocycles. The Bertz CT molecular complexity index is 1110. The van der Waals surface area contributed by atoms with Gasteiger partial charge in [-0.25, -0.2) is 8.78 Å². The highest BCUT2D eigenvalue weighted by Crippen LogP contribution is 2.41. The number of halogens is 2. The lowest BCUT2D eigenvalue weighted by Gasteiger charge is -2.39. The minimum absolute atomic E-state index is 0.131. The zero-order valence-corrected chi connectivity index (χ0v) is 20.8. The van der Waals surface area contributed by atoms with Gasteiger partial charge < -0.3 is 19.7 Å². The first-order chi connectivity index (χ1) is 17.2. The maximum absolute atomic E-state index is 14.8. The van der Waals surface area contributed by atoms with Gasteiger partial charge in [-0.3, -0.25) is 10.1 Å². The summed E-state index contributed by atoms with van der Waals surface area (Å²) >= 11 is 0. The fourth-order valence-corrected chi connectivity index (χ4v) is 4.87. The highest BCUT2D eigenvalue weighted by atomic mass is 19.1. The molecule has 2 aromatic rings. The van der Waals surface area contributed by atoms with Crippen LogP contribution < -0.4 is 10.6 Å². The molecule has 2 unspecified atom stereocenters. The third kappa shape index (κ3) is 5.56. The number of carbonyl (C=O) groups is 2. The van der Waals surface area contributed by atoms with Crippen molar-refractivity contribution in [2.75, 3.05) is 26.2 Å². The van der Waals surface area contributed by atoms with E-state index in [9.17, 15) is 18.4 Å². The lowest BCUT2D eigenvalue weighted by Crippen LogP contribution is -2.61. The fourth-order valence-electron chi connectivity index (χ4n) is 4.87. The lowest BCUT2D eigenvalue weighted by atomic mass is 9.84. The molecule has 2 aliphatic heterocycles. The zero-order valence-electron chi connectivity index (χ0n) is 20.8. The Morgan fingerprint density at radius 3 is 2.58 bits per heavy atom. The molecular weight excluding hydrogens is 464 g/mol. The zero-order chi connectivity index (χ0) is 25.9. The van der Waals surface area contributed by atoms with Crippen LogP contribution in [-0.4, -0.2) is 61.5 Å². The van der Waals surface area contributed by atoms with E-state index < -0.39 is 41.3 Å². The molecule has 2 N–H and O–H groups in total. The quantitative estimate of drug-likeness (QED) is 0.573. The third-order valence-corrected chi connectivity index (χ3v) is 6.73. The molecule has 36 heavy (non-hydrogen) atoms. The molecule has 0 aliphatic carbocycles. The summed E-state index contributed by atoms with van der Waals surface area (Å²) in [7, 11) is 0. The number of nitrogens with zero attached hydrogens (tertiary/aromatic N) is 1. The van der Waals surface area contributed by atoms with Crippen LogP contribution in [0.2, 0.25) is 0 Å². The second kappa shape index (κ2) is 11.0. The van der Waals surface area contributed by atoms with Crippen molar-refractivity contribution in [3.05, 3.63) is 77.4 Å². The summed E-state index contributed by atoms with van der Waals surface area (Å²) in [6, 6.07) is 10.6. The number of morpholine rings is 1. The number of hydrogen-bond acceptors (Lipinski definition) is 5. The van der Waals surface area contributed by atoms with Gasteiger partial charge in [0.1, 0.15) is 17.9 Å². The number of ether oxygens (including phenoxy) is 1. The molecule has 1 fully saturated rings. The maximum atomic E-state index is 14.8. The van der Waals surface area contributed by atoms with E-state index in [4.69, 9.17) is 4.74 Å². The molecule has 6 nitrogen and oxygen atoms in total. The van der Waals surface area contributed by atoms with Crippen LogP contribution in [0.3, 0.4) is 0 Å². The third-order valence-electron chi connectivity index (χ3n) is 6.73. The lowest BCUT2D eigenvalue weighted by molar-refractivity contribution is -0.137. The van der Waals surface area contributed by atoms with Gasteiger partial charge in [0, 0.05) is 25.2 Å². The SMILES string of the molecule is CC(C)(C)[C@H](NC(C=O)C1CNCCO1)C(=O)N1CC=C(c2cc(F)ccc2F)[C@@H]1c1ccccc1. The van der Waals surface area contributed by atoms with E-state index in [1.807, 2.05) is 51.1 Å². The van der Waals surface area contributed by atoms with Crippen molar-refractivity contribution in [3.8, 4) is 0 Å². The molecule has 2 heterocycles. The number of amides is 1. The van der Waals surface area contributed by atoms with E-state index in [1.165, 1.54) is 6.07 Å². The van der Waals surface area contributed by atoms with Gasteiger partial charge >= 0.3 is 0 Å². The Hall–Kier alpha value is -2.94. The van der Waals surface area contributed by atoms with Gasteiger partial charge in [0.15, 0.2) is 0 Å². The van der Waals surface area contributed by atoms with Crippen molar-refractivity contribution in [2.24, 2.45) is 5.41 Å². The molecule has 2 aromatic carbocycles. The van der Waals surface area contributed by atoms with Crippen LogP contribution in [0.25, 0.3) is 5.57 Å². The van der Waals surface area contributed by atoms with Gasteiger partial charge in [-0.1, -0.05) is 57.2 Å². The second-order valence-electron chi connectivity index (χ2n) is 10.3. The van der Waals surface area contributed by atoms with Gasteiger partial charge in [-0.2, -0.15) is 0 Å². The van der Waals surface area contributed by atoms with Crippen LogP contribution in [-0.2, 0) is 14.3 Å². The summed E-state index contributed by atoms with van der Waals surface area (Å²) in [5.74, 6) is -1.32. The molecule has 0 bridgehead atoms. The smallest absolute Gasteiger partial charge is 0.241 e. The summed E-state index contributed by atoms with van der Waals surface area (Å²) in [5, 5.41) is 6.47. The number of nitrogens with one attached hydrogen (secondary N) is 2. The molecule has 0 spiro atoms. The molecule has 0 saturated carbocycles. The Morgan fingerprint density at radius 1 is 1.19 bits per heavy atom. The molecule has 1 amide bonds. The Labute approximate surface area is 210 Å². The normalized spacial score (nSPS) is 22.1. The van der Waals surface area contributed by atoms with Crippen LogP contribution in [0.1, 0.15) is 37.9 Å². The van der Waals surface area contributed by atoms with Crippen LogP contribution in [0, 0.1) is 17.0 Å². The van der Waals surface area contributed by atoms with E-state index in [1.54, 1.807) is 11.0 Å². The molecule has 1 saturated heterocycles. The van der Waals surface area contributed by atoms with Crippen LogP contribution in [0.5, 0.6) is 0 Å². The molecule has 192 valence electrons. The number of hydrogen-bond donors (Lipinski definition) is 2. The van der Waals surface area contributed by atoms with Crippen LogP contribution in [0.4, 0.5) is 8.78 Å². The van der Waals surface area contributed by atoms with Crippen LogP contribution >= 0.6 is 0 Å². The second-order valence-corrected chi connectivity index (χ2v) is 10.3. The van der Waals surface area contributed by atoms with E-state index in [0.29, 0.717) is 25.3 Å². The molecule has 2 aliphatic rings. The van der Waals surface area contributed by atoms with Crippen molar-refractivity contribution in [2.45, 2.75) is 45.0 Å². The topological polar surface area (TPSA) is 70.7 Å². The van der Waals surface area contributed by atoms with Crippen molar-refractivity contribution in [1.82, 2.24) is 15.5 Å². The highest BCUT2D eigenvalue weighted by molar-refractivity contribution is 5.88. The molecule has 4 rings (SSSR count). The number of carbonyl (C=O) groups excluding carboxylic acids is 2. The Morgan fingerprint density at radius 2 is 1.94 bits per heavy atom. The highest BCUT2D eigenvalue weighted by Gasteiger charge is 2.42. The first-order valence-corrected chi connectivity index (χ1v) is 12.2. The number of benzene rings is 2. The minimum Gasteiger partial charge on any atom is -0.373 e. The first-order valence-electron chi connectivity index (χ1n) is 12.2. The van der Waals surface area contributed by atoms with Crippen molar-refractivity contribution >= 4 is 17.8 Å². The van der Waals surface area contributed by atoms with E-state index in [-0.39, 0.29) is 18.0 Å². The van der Waals surface area contributed by atoms with E-state index >= 15 is 0 Å². The minimum atomic E-state index is -0.727. The largest absolute Gasteiger partial charge is 0.373 e. The number of aldehydes is 1. The fraction of sp³-hybridized carbons (Fsp3) is 0.429. The predicted octanol–water partition coefficient (Wildman–Crippen LogP) is 3.49. The summed E-state index contributed by atoms with van der Waals surface area (Å²) < 4.78 is 34.7. The summed E-state index contributed by atoms with van der Waals surface area (Å²) in [4.78, 5) is 27.8. The average molecular weight is 498 g/mol. The van der Waals surface area contributed by atoms with E-state index in [0.717, 1.165) is 24.0 Å². The van der Waals surface area contributed by atoms with Crippen molar-refractivity contribution in [3.63, 3.8) is 0 Å². The van der Waals surface area contributed by atoms with Gasteiger partial charge in [0.25, 0.3) is 0 Å². The average Bonchev–Trinajstić information content (AvgIpc) is 3.31. The standard InChI is InChI=1S/C28H33F2N3O3/c1-28(2,3)26(32-23(17-34)24-16-31-12-14-36-24)27(35)33-13-11-20(21-15-19(29)9-10-22(21)30)25(33)18-7-5-4-6-8-18/h4-11,15,17,23-26,31-32H,12-14,16H2,1-3H3/t23?,24?,25-,26+/m0/s1. The van der Waals surface area contributed by atoms with Gasteiger partial charge in [0.05, 0.1) is 30.8 Å². The maximum Gasteiger partial charge on any atom is 0.241 e. The van der Waals surface area contributed by atoms with Gasteiger partial charge in [-0.15, -0.1) is 0 Å². The summed E-state index contributed by atoms with van der Waals surface area (Å²) in [6.45, 7) is 7.71. The van der Waals surface area contributed by atoms with Gasteiger partial charge in [-0.05, 0) is 34.8 Å². The Balaban J connectivity index is 1.68. The first kappa shape index (κ1) is 26.1. The summed E-state index contributed by atoms with van der Waals surface area (Å²) in [5.41, 5.74) is 0.907. The van der Waals surface area contributed by atoms with Gasteiger partial charge in [0.2, 0.25) is 5.91 Å². The molecular formula is C28H33F2N3O3. The van der Waals surface area contributed by atoms with Crippen molar-refractivity contribution in [1.29, 1.82) is 0 Å². The monoisotopic (exact) mass is 497 g/mol. The van der Waals surface area contributed by atoms with Crippen LogP contribution in [0.15, 0.2) is 54.6 Å². The summed E-state index contributed by atoms with van der Waals surface area (Å²) in [6.07, 6.45) is 2.17. The molecule has 0 radical (unpaired) electrons. The van der Waals surface area contributed by atoms with E-state index in [2.05, 4.69) is 10.6 Å².